The maximum absolute atomic E-state index is 12.8. The number of halogens is 2. The van der Waals surface area contributed by atoms with Gasteiger partial charge < -0.3 is 10.6 Å². The van der Waals surface area contributed by atoms with Gasteiger partial charge in [0.1, 0.15) is 5.82 Å². The number of anilines is 2. The lowest BCUT2D eigenvalue weighted by atomic mass is 10.1. The van der Waals surface area contributed by atoms with Crippen LogP contribution in [0.1, 0.15) is 32.0 Å². The van der Waals surface area contributed by atoms with Gasteiger partial charge in [-0.15, -0.1) is 0 Å². The number of carbonyl (C=O) groups is 2. The van der Waals surface area contributed by atoms with E-state index in [4.69, 9.17) is 23.2 Å². The molecule has 4 rings (SSSR count). The van der Waals surface area contributed by atoms with Crippen molar-refractivity contribution in [2.75, 3.05) is 10.6 Å². The van der Waals surface area contributed by atoms with Gasteiger partial charge in [-0.2, -0.15) is 0 Å². The Hall–Kier alpha value is -3.74. The van der Waals surface area contributed by atoms with Crippen LogP contribution >= 0.6 is 23.2 Å². The fourth-order valence-electron chi connectivity index (χ4n) is 3.13. The number of hydrogen-bond acceptors (Lipinski definition) is 4. The molecule has 0 bridgehead atoms. The fourth-order valence-corrected chi connectivity index (χ4v) is 3.41. The van der Waals surface area contributed by atoms with E-state index < -0.39 is 5.91 Å². The molecule has 0 radical (unpaired) electrons. The molecule has 2 amide bonds. The van der Waals surface area contributed by atoms with Crippen molar-refractivity contribution in [3.63, 3.8) is 0 Å². The van der Waals surface area contributed by atoms with Crippen LogP contribution in [0.5, 0.6) is 0 Å². The van der Waals surface area contributed by atoms with E-state index in [1.165, 1.54) is 12.3 Å². The summed E-state index contributed by atoms with van der Waals surface area (Å²) >= 11 is 11.9. The Morgan fingerprint density at radius 3 is 2.27 bits per heavy atom. The number of hydrogen-bond donors (Lipinski definition) is 2. The number of rotatable bonds is 6. The van der Waals surface area contributed by atoms with Crippen LogP contribution in [0.25, 0.3) is 0 Å². The lowest BCUT2D eigenvalue weighted by Gasteiger charge is -2.12. The van der Waals surface area contributed by atoms with E-state index >= 15 is 0 Å². The Bertz CT molecular complexity index is 1280. The molecule has 2 aromatic carbocycles. The molecule has 0 aliphatic rings. The zero-order valence-electron chi connectivity index (χ0n) is 17.3. The quantitative estimate of drug-likeness (QED) is 0.363. The summed E-state index contributed by atoms with van der Waals surface area (Å²) in [7, 11) is 0. The first-order valence-electron chi connectivity index (χ1n) is 10.0. The molecule has 6 nitrogen and oxygen atoms in total. The van der Waals surface area contributed by atoms with Crippen molar-refractivity contribution in [3.05, 3.63) is 118 Å². The standard InChI is InChI=1S/C25H18Cl2N4O2/c26-18-8-10-22(21(14-18)25(33)31-23-11-9-19(27)15-29-23)30-24(32)17-6-4-16(5-7-17)13-20-3-1-2-12-28-20/h1-12,14-15H,13H2,(H,30,32)(H,29,31,33). The van der Waals surface area contributed by atoms with E-state index in [2.05, 4.69) is 20.6 Å². The zero-order valence-corrected chi connectivity index (χ0v) is 18.8. The van der Waals surface area contributed by atoms with E-state index in [0.717, 1.165) is 11.3 Å². The molecule has 0 aliphatic carbocycles. The molecule has 8 heteroatoms. The van der Waals surface area contributed by atoms with Crippen molar-refractivity contribution in [2.24, 2.45) is 0 Å². The van der Waals surface area contributed by atoms with Gasteiger partial charge in [0.15, 0.2) is 0 Å². The summed E-state index contributed by atoms with van der Waals surface area (Å²) in [5, 5.41) is 6.27. The molecule has 164 valence electrons. The third-order valence-electron chi connectivity index (χ3n) is 4.77. The Labute approximate surface area is 200 Å². The zero-order chi connectivity index (χ0) is 23.2. The molecule has 33 heavy (non-hydrogen) atoms. The summed E-state index contributed by atoms with van der Waals surface area (Å²) in [6.07, 6.45) is 3.85. The van der Waals surface area contributed by atoms with E-state index in [9.17, 15) is 9.59 Å². The van der Waals surface area contributed by atoms with Crippen LogP contribution in [0.2, 0.25) is 10.0 Å². The first-order valence-corrected chi connectivity index (χ1v) is 10.8. The van der Waals surface area contributed by atoms with Crippen LogP contribution in [-0.4, -0.2) is 21.8 Å². The van der Waals surface area contributed by atoms with Crippen molar-refractivity contribution >= 4 is 46.5 Å². The lowest BCUT2D eigenvalue weighted by molar-refractivity contribution is 0.102. The van der Waals surface area contributed by atoms with Gasteiger partial charge in [0.25, 0.3) is 11.8 Å². The van der Waals surface area contributed by atoms with Gasteiger partial charge in [-0.05, 0) is 60.2 Å². The number of benzene rings is 2. The molecule has 4 aromatic rings. The molecular weight excluding hydrogens is 459 g/mol. The Morgan fingerprint density at radius 1 is 0.788 bits per heavy atom. The van der Waals surface area contributed by atoms with E-state index in [0.29, 0.717) is 33.5 Å². The third kappa shape index (κ3) is 5.94. The molecule has 0 atom stereocenters. The minimum absolute atomic E-state index is 0.208. The van der Waals surface area contributed by atoms with Crippen LogP contribution in [0.15, 0.2) is 85.2 Å². The first kappa shape index (κ1) is 22.5. The largest absolute Gasteiger partial charge is 0.321 e. The summed E-state index contributed by atoms with van der Waals surface area (Å²) in [4.78, 5) is 34.0. The van der Waals surface area contributed by atoms with Gasteiger partial charge in [0.2, 0.25) is 0 Å². The Balaban J connectivity index is 1.48. The predicted molar refractivity (Wildman–Crippen MR) is 130 cm³/mol. The van der Waals surface area contributed by atoms with Crippen molar-refractivity contribution in [1.82, 2.24) is 9.97 Å². The average Bonchev–Trinajstić information content (AvgIpc) is 2.83. The number of nitrogens with one attached hydrogen (secondary N) is 2. The number of carbonyl (C=O) groups excluding carboxylic acids is 2. The lowest BCUT2D eigenvalue weighted by Crippen LogP contribution is -2.18. The second kappa shape index (κ2) is 10.3. The maximum atomic E-state index is 12.8. The van der Waals surface area contributed by atoms with Gasteiger partial charge in [0, 0.05) is 35.1 Å². The average molecular weight is 477 g/mol. The molecule has 0 aliphatic heterocycles. The maximum Gasteiger partial charge on any atom is 0.258 e. The highest BCUT2D eigenvalue weighted by Gasteiger charge is 2.16. The fraction of sp³-hybridized carbons (Fsp3) is 0.0400. The molecule has 2 aromatic heterocycles. The van der Waals surface area contributed by atoms with E-state index in [1.54, 1.807) is 42.6 Å². The minimum atomic E-state index is -0.465. The molecule has 0 unspecified atom stereocenters. The first-order chi connectivity index (χ1) is 16.0. The Kier molecular flexibility index (Phi) is 6.98. The van der Waals surface area contributed by atoms with E-state index in [1.807, 2.05) is 30.3 Å². The van der Waals surface area contributed by atoms with Gasteiger partial charge in [-0.3, -0.25) is 14.6 Å². The third-order valence-corrected chi connectivity index (χ3v) is 5.23. The summed E-state index contributed by atoms with van der Waals surface area (Å²) < 4.78 is 0. The smallest absolute Gasteiger partial charge is 0.258 e. The molecule has 2 heterocycles. The Morgan fingerprint density at radius 2 is 1.58 bits per heavy atom. The predicted octanol–water partition coefficient (Wildman–Crippen LogP) is 5.88. The van der Waals surface area contributed by atoms with Gasteiger partial charge in [-0.1, -0.05) is 41.4 Å². The topological polar surface area (TPSA) is 84.0 Å². The second-order valence-corrected chi connectivity index (χ2v) is 8.03. The van der Waals surface area contributed by atoms with Crippen molar-refractivity contribution in [3.8, 4) is 0 Å². The van der Waals surface area contributed by atoms with Gasteiger partial charge in [0.05, 0.1) is 16.3 Å². The van der Waals surface area contributed by atoms with Crippen LogP contribution < -0.4 is 10.6 Å². The van der Waals surface area contributed by atoms with Crippen LogP contribution in [0, 0.1) is 0 Å². The van der Waals surface area contributed by atoms with Crippen molar-refractivity contribution in [1.29, 1.82) is 0 Å². The summed E-state index contributed by atoms with van der Waals surface area (Å²) in [5.41, 5.74) is 2.97. The van der Waals surface area contributed by atoms with Crippen molar-refractivity contribution < 1.29 is 9.59 Å². The number of aromatic nitrogens is 2. The number of pyridine rings is 2. The second-order valence-electron chi connectivity index (χ2n) is 7.15. The SMILES string of the molecule is O=C(Nc1ccc(Cl)cc1C(=O)Nc1ccc(Cl)cn1)c1ccc(Cc2ccccn2)cc1. The minimum Gasteiger partial charge on any atom is -0.321 e. The molecule has 2 N–H and O–H groups in total. The number of nitrogens with zero attached hydrogens (tertiary/aromatic N) is 2. The molecule has 0 saturated heterocycles. The van der Waals surface area contributed by atoms with Crippen molar-refractivity contribution in [2.45, 2.75) is 6.42 Å². The van der Waals surface area contributed by atoms with Gasteiger partial charge >= 0.3 is 0 Å². The summed E-state index contributed by atoms with van der Waals surface area (Å²) in [5.74, 6) is -0.487. The number of amides is 2. The molecule has 0 fully saturated rings. The van der Waals surface area contributed by atoms with Crippen LogP contribution in [0.4, 0.5) is 11.5 Å². The summed E-state index contributed by atoms with van der Waals surface area (Å²) in [6, 6.07) is 20.9. The highest BCUT2D eigenvalue weighted by molar-refractivity contribution is 6.31. The van der Waals surface area contributed by atoms with Gasteiger partial charge in [-0.25, -0.2) is 4.98 Å². The van der Waals surface area contributed by atoms with E-state index in [-0.39, 0.29) is 11.5 Å². The van der Waals surface area contributed by atoms with Crippen LogP contribution in [0.3, 0.4) is 0 Å². The molecular formula is C25H18Cl2N4O2. The normalized spacial score (nSPS) is 10.5. The molecule has 0 spiro atoms. The highest BCUT2D eigenvalue weighted by Crippen LogP contribution is 2.23. The monoisotopic (exact) mass is 476 g/mol. The highest BCUT2D eigenvalue weighted by atomic mass is 35.5. The van der Waals surface area contributed by atoms with Crippen LogP contribution in [-0.2, 0) is 6.42 Å². The summed E-state index contributed by atoms with van der Waals surface area (Å²) in [6.45, 7) is 0. The molecule has 0 saturated carbocycles.